The van der Waals surface area contributed by atoms with Gasteiger partial charge in [-0.15, -0.1) is 0 Å². The molecule has 0 amide bonds. The lowest BCUT2D eigenvalue weighted by Gasteiger charge is -2.39. The zero-order valence-electron chi connectivity index (χ0n) is 21.1. The van der Waals surface area contributed by atoms with Crippen molar-refractivity contribution in [3.63, 3.8) is 0 Å². The molecule has 0 radical (unpaired) electrons. The van der Waals surface area contributed by atoms with Crippen molar-refractivity contribution in [1.82, 2.24) is 5.32 Å². The maximum absolute atomic E-state index is 13.1. The van der Waals surface area contributed by atoms with E-state index in [2.05, 4.69) is 5.32 Å². The Labute approximate surface area is 212 Å². The highest BCUT2D eigenvalue weighted by Gasteiger charge is 2.42. The number of carbonyl (C=O) groups is 2. The van der Waals surface area contributed by atoms with Crippen LogP contribution in [-0.2, 0) is 24.6 Å². The molecule has 3 aromatic carbocycles. The van der Waals surface area contributed by atoms with E-state index in [1.807, 2.05) is 97.1 Å². The van der Waals surface area contributed by atoms with E-state index in [-0.39, 0.29) is 6.42 Å². The molecule has 36 heavy (non-hydrogen) atoms. The lowest BCUT2D eigenvalue weighted by molar-refractivity contribution is -0.158. The van der Waals surface area contributed by atoms with Crippen molar-refractivity contribution in [2.24, 2.45) is 5.92 Å². The van der Waals surface area contributed by atoms with Gasteiger partial charge in [-0.05, 0) is 43.9 Å². The zero-order chi connectivity index (χ0) is 26.2. The molecule has 2 atom stereocenters. The minimum atomic E-state index is -1.17. The van der Waals surface area contributed by atoms with Gasteiger partial charge >= 0.3 is 11.9 Å². The zero-order valence-corrected chi connectivity index (χ0v) is 21.1. The highest BCUT2D eigenvalue weighted by atomic mass is 16.6. The van der Waals surface area contributed by atoms with Crippen LogP contribution in [0, 0.1) is 17.2 Å². The second-order valence-electron chi connectivity index (χ2n) is 9.52. The van der Waals surface area contributed by atoms with Gasteiger partial charge < -0.3 is 9.47 Å². The number of esters is 2. The second-order valence-corrected chi connectivity index (χ2v) is 9.52. The number of ether oxygens (including phenoxy) is 2. The quantitative estimate of drug-likeness (QED) is 0.340. The third kappa shape index (κ3) is 6.18. The van der Waals surface area contributed by atoms with Gasteiger partial charge in [-0.1, -0.05) is 91.0 Å². The van der Waals surface area contributed by atoms with Crippen molar-refractivity contribution in [3.8, 4) is 6.07 Å². The maximum Gasteiger partial charge on any atom is 0.323 e. The molecule has 0 aliphatic carbocycles. The molecule has 0 aliphatic heterocycles. The van der Waals surface area contributed by atoms with E-state index >= 15 is 0 Å². The Kier molecular flexibility index (Phi) is 8.63. The summed E-state index contributed by atoms with van der Waals surface area (Å²) in [7, 11) is 1.29. The van der Waals surface area contributed by atoms with Gasteiger partial charge in [-0.3, -0.25) is 14.9 Å². The maximum atomic E-state index is 13.1. The summed E-state index contributed by atoms with van der Waals surface area (Å²) in [5.41, 5.74) is 0.935. The molecule has 0 bridgehead atoms. The third-order valence-corrected chi connectivity index (χ3v) is 5.82. The van der Waals surface area contributed by atoms with Crippen LogP contribution in [0.2, 0.25) is 0 Å². The summed E-state index contributed by atoms with van der Waals surface area (Å²) in [5, 5.41) is 13.3. The molecule has 0 fully saturated rings. The topological polar surface area (TPSA) is 88.4 Å². The van der Waals surface area contributed by atoms with E-state index in [1.165, 1.54) is 7.11 Å². The third-order valence-electron chi connectivity index (χ3n) is 5.82. The van der Waals surface area contributed by atoms with Crippen molar-refractivity contribution < 1.29 is 19.1 Å². The van der Waals surface area contributed by atoms with Gasteiger partial charge in [0.15, 0.2) is 0 Å². The number of methoxy groups -OCH3 is 1. The molecule has 1 N–H and O–H groups in total. The Morgan fingerprint density at radius 3 is 1.56 bits per heavy atom. The summed E-state index contributed by atoms with van der Waals surface area (Å²) >= 11 is 0. The first-order valence-corrected chi connectivity index (χ1v) is 11.9. The number of nitrogens with one attached hydrogen (secondary N) is 1. The SMILES string of the molecule is COC(=O)[C@H](C[C@@H](C#N)C(=O)OC(C)(C)C)NC(c1ccccc1)(c1ccccc1)c1ccccc1. The monoisotopic (exact) mass is 484 g/mol. The van der Waals surface area contributed by atoms with E-state index in [1.54, 1.807) is 20.8 Å². The van der Waals surface area contributed by atoms with Crippen LogP contribution in [0.15, 0.2) is 91.0 Å². The Morgan fingerprint density at radius 2 is 1.22 bits per heavy atom. The number of carbonyl (C=O) groups excluding carboxylic acids is 2. The summed E-state index contributed by atoms with van der Waals surface area (Å²) in [4.78, 5) is 25.9. The number of nitriles is 1. The molecule has 0 aromatic heterocycles. The molecule has 3 rings (SSSR count). The van der Waals surface area contributed by atoms with Gasteiger partial charge in [0, 0.05) is 0 Å². The van der Waals surface area contributed by atoms with Crippen LogP contribution in [0.4, 0.5) is 0 Å². The standard InChI is InChI=1S/C30H32N2O4/c1-29(2,3)36-27(33)22(21-31)20-26(28(34)35-4)32-30(23-14-8-5-9-15-23,24-16-10-6-11-17-24)25-18-12-7-13-19-25/h5-19,22,26,32H,20H2,1-4H3/t22-,26-/m0/s1. The van der Waals surface area contributed by atoms with Crippen molar-refractivity contribution in [1.29, 1.82) is 5.26 Å². The fraction of sp³-hybridized carbons (Fsp3) is 0.300. The van der Waals surface area contributed by atoms with E-state index in [0.29, 0.717) is 0 Å². The number of nitrogens with zero attached hydrogens (tertiary/aromatic N) is 1. The van der Waals surface area contributed by atoms with E-state index < -0.39 is 35.0 Å². The average molecular weight is 485 g/mol. The molecule has 6 heteroatoms. The first-order chi connectivity index (χ1) is 17.2. The average Bonchev–Trinajstić information content (AvgIpc) is 2.89. The van der Waals surface area contributed by atoms with E-state index in [9.17, 15) is 14.9 Å². The van der Waals surface area contributed by atoms with Crippen LogP contribution in [0.1, 0.15) is 43.9 Å². The van der Waals surface area contributed by atoms with Gasteiger partial charge in [0.2, 0.25) is 0 Å². The molecular weight excluding hydrogens is 452 g/mol. The van der Waals surface area contributed by atoms with Crippen LogP contribution in [0.25, 0.3) is 0 Å². The van der Waals surface area contributed by atoms with Gasteiger partial charge in [0.25, 0.3) is 0 Å². The van der Waals surface area contributed by atoms with Crippen LogP contribution >= 0.6 is 0 Å². The Morgan fingerprint density at radius 1 is 0.806 bits per heavy atom. The molecule has 0 spiro atoms. The van der Waals surface area contributed by atoms with Crippen molar-refractivity contribution >= 4 is 11.9 Å². The van der Waals surface area contributed by atoms with Gasteiger partial charge in [-0.25, -0.2) is 0 Å². The molecule has 3 aromatic rings. The van der Waals surface area contributed by atoms with Gasteiger partial charge in [0.1, 0.15) is 17.6 Å². The molecule has 186 valence electrons. The number of benzene rings is 3. The summed E-state index contributed by atoms with van der Waals surface area (Å²) < 4.78 is 10.6. The second kappa shape index (κ2) is 11.7. The summed E-state index contributed by atoms with van der Waals surface area (Å²) in [6, 6.07) is 30.3. The lowest BCUT2D eigenvalue weighted by Crippen LogP contribution is -2.53. The van der Waals surface area contributed by atoms with Gasteiger partial charge in [-0.2, -0.15) is 5.26 Å². The van der Waals surface area contributed by atoms with Crippen molar-refractivity contribution in [2.45, 2.75) is 44.4 Å². The first kappa shape index (κ1) is 26.7. The number of hydrogen-bond donors (Lipinski definition) is 1. The normalized spacial score (nSPS) is 13.2. The summed E-state index contributed by atoms with van der Waals surface area (Å²) in [6.07, 6.45) is -0.119. The minimum Gasteiger partial charge on any atom is -0.468 e. The van der Waals surface area contributed by atoms with Crippen LogP contribution in [0.3, 0.4) is 0 Å². The highest BCUT2D eigenvalue weighted by Crippen LogP contribution is 2.38. The van der Waals surface area contributed by atoms with E-state index in [0.717, 1.165) is 16.7 Å². The largest absolute Gasteiger partial charge is 0.468 e. The Hall–Kier alpha value is -3.95. The van der Waals surface area contributed by atoms with Crippen LogP contribution < -0.4 is 5.32 Å². The minimum absolute atomic E-state index is 0.119. The molecule has 0 saturated carbocycles. The molecule has 0 aliphatic rings. The number of hydrogen-bond acceptors (Lipinski definition) is 6. The first-order valence-electron chi connectivity index (χ1n) is 11.9. The molecular formula is C30H32N2O4. The number of rotatable bonds is 9. The fourth-order valence-electron chi connectivity index (χ4n) is 4.24. The molecule has 0 unspecified atom stereocenters. The van der Waals surface area contributed by atoms with Crippen molar-refractivity contribution in [2.75, 3.05) is 7.11 Å². The summed E-state index contributed by atoms with van der Waals surface area (Å²) in [5.74, 6) is -2.42. The fourth-order valence-corrected chi connectivity index (χ4v) is 4.24. The predicted octanol–water partition coefficient (Wildman–Crippen LogP) is 4.98. The van der Waals surface area contributed by atoms with E-state index in [4.69, 9.17) is 9.47 Å². The van der Waals surface area contributed by atoms with Crippen LogP contribution in [0.5, 0.6) is 0 Å². The molecule has 0 saturated heterocycles. The van der Waals surface area contributed by atoms with Crippen molar-refractivity contribution in [3.05, 3.63) is 108 Å². The predicted molar refractivity (Wildman–Crippen MR) is 138 cm³/mol. The summed E-state index contributed by atoms with van der Waals surface area (Å²) in [6.45, 7) is 5.21. The smallest absolute Gasteiger partial charge is 0.323 e. The Balaban J connectivity index is 2.16. The molecule has 6 nitrogen and oxygen atoms in total. The highest BCUT2D eigenvalue weighted by molar-refractivity contribution is 5.80. The van der Waals surface area contributed by atoms with Crippen LogP contribution in [-0.4, -0.2) is 30.7 Å². The Bertz CT molecular complexity index is 1090. The lowest BCUT2D eigenvalue weighted by atomic mass is 9.76. The molecule has 0 heterocycles. The van der Waals surface area contributed by atoms with Gasteiger partial charge in [0.05, 0.1) is 18.7 Å².